The molecular formula is C16H16BrFO2. The quantitative estimate of drug-likeness (QED) is 0.796. The normalized spacial score (nSPS) is 29.6. The summed E-state index contributed by atoms with van der Waals surface area (Å²) in [5, 5.41) is 0. The molecule has 1 fully saturated rings. The molecule has 0 bridgehead atoms. The van der Waals surface area contributed by atoms with Gasteiger partial charge < -0.3 is 9.47 Å². The lowest BCUT2D eigenvalue weighted by atomic mass is 9.87. The molecule has 0 amide bonds. The summed E-state index contributed by atoms with van der Waals surface area (Å²) in [6.07, 6.45) is 9.08. The molecule has 1 unspecified atom stereocenters. The predicted molar refractivity (Wildman–Crippen MR) is 78.6 cm³/mol. The zero-order chi connectivity index (χ0) is 13.9. The van der Waals surface area contributed by atoms with E-state index in [9.17, 15) is 4.39 Å². The molecule has 1 aliphatic carbocycles. The van der Waals surface area contributed by atoms with E-state index in [0.29, 0.717) is 29.5 Å². The Labute approximate surface area is 126 Å². The number of ether oxygens (including phenoxy) is 2. The van der Waals surface area contributed by atoms with Crippen LogP contribution >= 0.6 is 15.9 Å². The molecule has 1 aromatic rings. The van der Waals surface area contributed by atoms with Crippen LogP contribution in [0.4, 0.5) is 4.39 Å². The molecule has 0 spiro atoms. The number of benzene rings is 1. The summed E-state index contributed by atoms with van der Waals surface area (Å²) >= 11 is 3.14. The maximum atomic E-state index is 13.5. The standard InChI is InChI=1S/C16H16BrFO2/c17-14-7-6-12(8-15(14)18)16-19-9-13(10-20-16)11-4-2-1-3-5-11/h1-4,6-8,11,13,16H,5,9-10H2. The van der Waals surface area contributed by atoms with E-state index < -0.39 is 6.29 Å². The van der Waals surface area contributed by atoms with E-state index in [-0.39, 0.29) is 5.82 Å². The van der Waals surface area contributed by atoms with Crippen LogP contribution in [0.5, 0.6) is 0 Å². The molecule has 0 saturated carbocycles. The van der Waals surface area contributed by atoms with Crippen LogP contribution in [0.3, 0.4) is 0 Å². The van der Waals surface area contributed by atoms with Crippen LogP contribution in [-0.2, 0) is 9.47 Å². The molecule has 1 atom stereocenters. The van der Waals surface area contributed by atoms with Crippen molar-refractivity contribution in [2.45, 2.75) is 12.7 Å². The van der Waals surface area contributed by atoms with Crippen molar-refractivity contribution in [2.24, 2.45) is 11.8 Å². The van der Waals surface area contributed by atoms with Gasteiger partial charge in [-0.25, -0.2) is 4.39 Å². The third-order valence-electron chi connectivity index (χ3n) is 3.76. The van der Waals surface area contributed by atoms with Crippen molar-refractivity contribution in [3.63, 3.8) is 0 Å². The van der Waals surface area contributed by atoms with E-state index >= 15 is 0 Å². The topological polar surface area (TPSA) is 18.5 Å². The van der Waals surface area contributed by atoms with Gasteiger partial charge in [0, 0.05) is 11.5 Å². The van der Waals surface area contributed by atoms with E-state index in [4.69, 9.17) is 9.47 Å². The van der Waals surface area contributed by atoms with Crippen LogP contribution in [0.2, 0.25) is 0 Å². The smallest absolute Gasteiger partial charge is 0.183 e. The third-order valence-corrected chi connectivity index (χ3v) is 4.40. The molecule has 20 heavy (non-hydrogen) atoms. The van der Waals surface area contributed by atoms with Crippen molar-refractivity contribution in [2.75, 3.05) is 13.2 Å². The summed E-state index contributed by atoms with van der Waals surface area (Å²) in [4.78, 5) is 0. The average molecular weight is 339 g/mol. The Kier molecular flexibility index (Phi) is 4.34. The first kappa shape index (κ1) is 14.0. The Hall–Kier alpha value is -0.970. The number of rotatable bonds is 2. The van der Waals surface area contributed by atoms with E-state index in [1.165, 1.54) is 6.07 Å². The van der Waals surface area contributed by atoms with Crippen molar-refractivity contribution in [3.05, 3.63) is 58.4 Å². The van der Waals surface area contributed by atoms with Crippen LogP contribution in [0, 0.1) is 17.7 Å². The van der Waals surface area contributed by atoms with Crippen molar-refractivity contribution in [1.29, 1.82) is 0 Å². The van der Waals surface area contributed by atoms with Crippen molar-refractivity contribution in [1.82, 2.24) is 0 Å². The van der Waals surface area contributed by atoms with E-state index in [1.54, 1.807) is 6.07 Å². The summed E-state index contributed by atoms with van der Waals surface area (Å²) in [6.45, 7) is 1.29. The van der Waals surface area contributed by atoms with Crippen LogP contribution in [0.15, 0.2) is 47.0 Å². The molecule has 0 N–H and O–H groups in total. The molecule has 2 aliphatic rings. The molecule has 106 valence electrons. The Bertz CT molecular complexity index is 533. The minimum atomic E-state index is -0.461. The molecule has 1 aliphatic heterocycles. The fraction of sp³-hybridized carbons (Fsp3) is 0.375. The minimum Gasteiger partial charge on any atom is -0.348 e. The van der Waals surface area contributed by atoms with Crippen molar-refractivity contribution < 1.29 is 13.9 Å². The Morgan fingerprint density at radius 1 is 1.15 bits per heavy atom. The molecule has 1 aromatic carbocycles. The Balaban J connectivity index is 1.62. The fourth-order valence-corrected chi connectivity index (χ4v) is 2.81. The molecule has 4 heteroatoms. The van der Waals surface area contributed by atoms with Gasteiger partial charge in [-0.15, -0.1) is 0 Å². The highest BCUT2D eigenvalue weighted by Crippen LogP contribution is 2.32. The molecule has 2 nitrogen and oxygen atoms in total. The van der Waals surface area contributed by atoms with Crippen LogP contribution in [0.1, 0.15) is 18.3 Å². The lowest BCUT2D eigenvalue weighted by Gasteiger charge is -2.33. The van der Waals surface area contributed by atoms with Crippen molar-refractivity contribution in [3.8, 4) is 0 Å². The highest BCUT2D eigenvalue weighted by atomic mass is 79.9. The third kappa shape index (κ3) is 3.03. The summed E-state index contributed by atoms with van der Waals surface area (Å²) in [6, 6.07) is 4.96. The van der Waals surface area contributed by atoms with E-state index in [0.717, 1.165) is 12.0 Å². The summed E-state index contributed by atoms with van der Waals surface area (Å²) in [7, 11) is 0. The monoisotopic (exact) mass is 338 g/mol. The van der Waals surface area contributed by atoms with E-state index in [1.807, 2.05) is 6.07 Å². The maximum Gasteiger partial charge on any atom is 0.183 e. The number of hydrogen-bond donors (Lipinski definition) is 0. The van der Waals surface area contributed by atoms with E-state index in [2.05, 4.69) is 40.2 Å². The predicted octanol–water partition coefficient (Wildman–Crippen LogP) is 4.38. The highest BCUT2D eigenvalue weighted by Gasteiger charge is 2.28. The maximum absolute atomic E-state index is 13.5. The summed E-state index contributed by atoms with van der Waals surface area (Å²) < 4.78 is 25.5. The first-order valence-corrected chi connectivity index (χ1v) is 7.55. The second-order valence-electron chi connectivity index (χ2n) is 5.14. The van der Waals surface area contributed by atoms with Gasteiger partial charge in [0.15, 0.2) is 6.29 Å². The molecule has 1 saturated heterocycles. The van der Waals surface area contributed by atoms with Crippen LogP contribution in [-0.4, -0.2) is 13.2 Å². The molecule has 0 aromatic heterocycles. The van der Waals surface area contributed by atoms with Gasteiger partial charge in [0.2, 0.25) is 0 Å². The van der Waals surface area contributed by atoms with Gasteiger partial charge in [-0.3, -0.25) is 0 Å². The second kappa shape index (κ2) is 6.20. The van der Waals surface area contributed by atoms with Crippen molar-refractivity contribution >= 4 is 15.9 Å². The minimum absolute atomic E-state index is 0.294. The summed E-state index contributed by atoms with van der Waals surface area (Å²) in [5.74, 6) is 0.549. The molecule has 3 rings (SSSR count). The van der Waals surface area contributed by atoms with Gasteiger partial charge in [0.05, 0.1) is 17.7 Å². The molecule has 0 radical (unpaired) electrons. The Morgan fingerprint density at radius 3 is 2.60 bits per heavy atom. The second-order valence-corrected chi connectivity index (χ2v) is 6.00. The zero-order valence-corrected chi connectivity index (χ0v) is 12.6. The lowest BCUT2D eigenvalue weighted by Crippen LogP contribution is -2.32. The number of allylic oxidation sites excluding steroid dienone is 4. The lowest BCUT2D eigenvalue weighted by molar-refractivity contribution is -0.210. The highest BCUT2D eigenvalue weighted by molar-refractivity contribution is 9.10. The van der Waals surface area contributed by atoms with Gasteiger partial charge in [-0.05, 0) is 40.4 Å². The fourth-order valence-electron chi connectivity index (χ4n) is 2.57. The zero-order valence-electron chi connectivity index (χ0n) is 11.0. The molecule has 1 heterocycles. The average Bonchev–Trinajstić information content (AvgIpc) is 2.51. The van der Waals surface area contributed by atoms with Crippen LogP contribution in [0.25, 0.3) is 0 Å². The van der Waals surface area contributed by atoms with Gasteiger partial charge in [-0.1, -0.05) is 30.4 Å². The number of halogens is 2. The number of hydrogen-bond acceptors (Lipinski definition) is 2. The van der Waals surface area contributed by atoms with Gasteiger partial charge in [0.1, 0.15) is 5.82 Å². The van der Waals surface area contributed by atoms with Gasteiger partial charge in [-0.2, -0.15) is 0 Å². The largest absolute Gasteiger partial charge is 0.348 e. The molecular weight excluding hydrogens is 323 g/mol. The Morgan fingerprint density at radius 2 is 1.95 bits per heavy atom. The van der Waals surface area contributed by atoms with Gasteiger partial charge >= 0.3 is 0 Å². The summed E-state index contributed by atoms with van der Waals surface area (Å²) in [5.41, 5.74) is 0.725. The first-order valence-electron chi connectivity index (χ1n) is 6.75. The first-order chi connectivity index (χ1) is 9.74. The SMILES string of the molecule is Fc1cc(C2OCC(C3C=CC=CC3)CO2)ccc1Br. The van der Waals surface area contributed by atoms with Gasteiger partial charge in [0.25, 0.3) is 0 Å². The van der Waals surface area contributed by atoms with Crippen LogP contribution < -0.4 is 0 Å².